The summed E-state index contributed by atoms with van der Waals surface area (Å²) in [5.41, 5.74) is -2.79. The summed E-state index contributed by atoms with van der Waals surface area (Å²) in [7, 11) is 0. The van der Waals surface area contributed by atoms with Crippen molar-refractivity contribution in [3.63, 3.8) is 0 Å². The lowest BCUT2D eigenvalue weighted by molar-refractivity contribution is -0.137. The standard InChI is InChI=1S/C32H29F6NO2S/c1-20(2)22-6-3-9-26(16-22)41-27-10-4-7-23(17-27)30(24-8-5-11-28(18-24)42-32(36,37)38)39-19-29(40)21-12-14-25(15-13-21)31(33,34)35/h3-18,20,29-30,39-40H,19H2,1-2H3. The highest BCUT2D eigenvalue weighted by Gasteiger charge is 2.31. The van der Waals surface area contributed by atoms with Crippen molar-refractivity contribution in [1.82, 2.24) is 5.32 Å². The van der Waals surface area contributed by atoms with Crippen molar-refractivity contribution < 1.29 is 36.2 Å². The maximum absolute atomic E-state index is 13.1. The number of hydrogen-bond acceptors (Lipinski definition) is 4. The van der Waals surface area contributed by atoms with Crippen molar-refractivity contribution >= 4 is 11.8 Å². The molecule has 10 heteroatoms. The number of aliphatic hydroxyl groups excluding tert-OH is 1. The Morgan fingerprint density at radius 1 is 0.714 bits per heavy atom. The van der Waals surface area contributed by atoms with Gasteiger partial charge in [-0.3, -0.25) is 0 Å². The van der Waals surface area contributed by atoms with Crippen LogP contribution in [0, 0.1) is 0 Å². The van der Waals surface area contributed by atoms with E-state index in [1.165, 1.54) is 30.3 Å². The molecule has 0 aromatic heterocycles. The maximum atomic E-state index is 13.1. The molecule has 0 fully saturated rings. The summed E-state index contributed by atoms with van der Waals surface area (Å²) in [5.74, 6) is 1.43. The highest BCUT2D eigenvalue weighted by Crippen LogP contribution is 2.38. The van der Waals surface area contributed by atoms with E-state index in [1.807, 2.05) is 24.3 Å². The van der Waals surface area contributed by atoms with E-state index < -0.39 is 29.4 Å². The second-order valence-corrected chi connectivity index (χ2v) is 11.1. The first-order chi connectivity index (χ1) is 19.8. The fourth-order valence-electron chi connectivity index (χ4n) is 4.39. The van der Waals surface area contributed by atoms with Crippen molar-refractivity contribution in [2.75, 3.05) is 6.54 Å². The van der Waals surface area contributed by atoms with Gasteiger partial charge in [0.1, 0.15) is 11.5 Å². The van der Waals surface area contributed by atoms with Crippen molar-refractivity contribution in [3.8, 4) is 11.5 Å². The largest absolute Gasteiger partial charge is 0.457 e. The van der Waals surface area contributed by atoms with Crippen LogP contribution in [0.2, 0.25) is 0 Å². The first-order valence-corrected chi connectivity index (χ1v) is 13.9. The molecule has 0 spiro atoms. The Balaban J connectivity index is 1.62. The second-order valence-electron chi connectivity index (χ2n) is 10.00. The molecule has 3 nitrogen and oxygen atoms in total. The molecule has 2 N–H and O–H groups in total. The third kappa shape index (κ3) is 8.77. The van der Waals surface area contributed by atoms with E-state index >= 15 is 0 Å². The zero-order valence-electron chi connectivity index (χ0n) is 22.7. The monoisotopic (exact) mass is 605 g/mol. The van der Waals surface area contributed by atoms with E-state index in [2.05, 4.69) is 19.2 Å². The van der Waals surface area contributed by atoms with Crippen LogP contribution in [0.1, 0.15) is 59.7 Å². The molecule has 4 aromatic carbocycles. The summed E-state index contributed by atoms with van der Waals surface area (Å²) in [6.45, 7) is 4.05. The van der Waals surface area contributed by atoms with Crippen LogP contribution in [0.5, 0.6) is 11.5 Å². The van der Waals surface area contributed by atoms with Gasteiger partial charge < -0.3 is 15.2 Å². The van der Waals surface area contributed by atoms with Crippen molar-refractivity contribution in [3.05, 3.63) is 125 Å². The Bertz CT molecular complexity index is 1470. The molecule has 0 aliphatic carbocycles. The molecular weight excluding hydrogens is 576 g/mol. The molecule has 2 atom stereocenters. The van der Waals surface area contributed by atoms with E-state index in [4.69, 9.17) is 4.74 Å². The number of hydrogen-bond donors (Lipinski definition) is 2. The van der Waals surface area contributed by atoms with Gasteiger partial charge in [-0.05, 0) is 88.5 Å². The predicted molar refractivity (Wildman–Crippen MR) is 152 cm³/mol. The fourth-order valence-corrected chi connectivity index (χ4v) is 5.00. The van der Waals surface area contributed by atoms with Crippen LogP contribution in [0.3, 0.4) is 0 Å². The molecular formula is C32H29F6NO2S. The van der Waals surface area contributed by atoms with E-state index in [1.54, 1.807) is 30.3 Å². The highest BCUT2D eigenvalue weighted by atomic mass is 32.2. The molecule has 222 valence electrons. The minimum absolute atomic E-state index is 0.00649. The van der Waals surface area contributed by atoms with Crippen LogP contribution in [-0.4, -0.2) is 17.2 Å². The Labute approximate surface area is 244 Å². The number of nitrogens with one attached hydrogen (secondary N) is 1. The predicted octanol–water partition coefficient (Wildman–Crippen LogP) is 9.65. The summed E-state index contributed by atoms with van der Waals surface area (Å²) in [4.78, 5) is -0.00649. The Morgan fingerprint density at radius 2 is 1.26 bits per heavy atom. The summed E-state index contributed by atoms with van der Waals surface area (Å²) in [6.07, 6.45) is -5.68. The first-order valence-electron chi connectivity index (χ1n) is 13.1. The average Bonchev–Trinajstić information content (AvgIpc) is 2.92. The van der Waals surface area contributed by atoms with Crippen LogP contribution in [0.4, 0.5) is 26.3 Å². The molecule has 0 bridgehead atoms. The second kappa shape index (κ2) is 13.2. The SMILES string of the molecule is CC(C)c1cccc(Oc2cccc(C(NCC(O)c3ccc(C(F)(F)F)cc3)c3cccc(SC(F)(F)F)c3)c2)c1. The number of halogens is 6. The molecule has 0 radical (unpaired) electrons. The maximum Gasteiger partial charge on any atom is 0.446 e. The molecule has 2 unspecified atom stereocenters. The van der Waals surface area contributed by atoms with E-state index in [9.17, 15) is 31.4 Å². The normalized spacial score (nSPS) is 13.7. The number of ether oxygens (including phenoxy) is 1. The average molecular weight is 606 g/mol. The summed E-state index contributed by atoms with van der Waals surface area (Å²) < 4.78 is 84.3. The van der Waals surface area contributed by atoms with E-state index in [0.717, 1.165) is 17.7 Å². The van der Waals surface area contributed by atoms with Gasteiger partial charge in [-0.25, -0.2) is 0 Å². The number of alkyl halides is 6. The van der Waals surface area contributed by atoms with Crippen LogP contribution < -0.4 is 10.1 Å². The lowest BCUT2D eigenvalue weighted by Gasteiger charge is -2.23. The highest BCUT2D eigenvalue weighted by molar-refractivity contribution is 8.00. The van der Waals surface area contributed by atoms with Crippen molar-refractivity contribution in [2.45, 2.75) is 48.5 Å². The lowest BCUT2D eigenvalue weighted by atomic mass is 9.97. The summed E-state index contributed by atoms with van der Waals surface area (Å²) >= 11 is -0.233. The molecule has 0 saturated heterocycles. The van der Waals surface area contributed by atoms with E-state index in [0.29, 0.717) is 28.5 Å². The molecule has 0 heterocycles. The fraction of sp³-hybridized carbons (Fsp3) is 0.250. The van der Waals surface area contributed by atoms with Gasteiger partial charge in [0.15, 0.2) is 0 Å². The molecule has 4 aromatic rings. The van der Waals surface area contributed by atoms with Crippen molar-refractivity contribution in [2.24, 2.45) is 0 Å². The van der Waals surface area contributed by atoms with Gasteiger partial charge in [0.25, 0.3) is 0 Å². The smallest absolute Gasteiger partial charge is 0.446 e. The quantitative estimate of drug-likeness (QED) is 0.140. The number of thioether (sulfide) groups is 1. The molecule has 0 aliphatic heterocycles. The first kappa shape index (κ1) is 31.5. The zero-order valence-corrected chi connectivity index (χ0v) is 23.5. The van der Waals surface area contributed by atoms with Gasteiger partial charge in [0, 0.05) is 11.4 Å². The number of aliphatic hydroxyl groups is 1. The number of benzene rings is 4. The molecule has 4 rings (SSSR count). The Morgan fingerprint density at radius 3 is 1.83 bits per heavy atom. The van der Waals surface area contributed by atoms with Gasteiger partial charge in [-0.15, -0.1) is 0 Å². The van der Waals surface area contributed by atoms with Gasteiger partial charge >= 0.3 is 11.7 Å². The van der Waals surface area contributed by atoms with Crippen LogP contribution >= 0.6 is 11.8 Å². The van der Waals surface area contributed by atoms with Crippen LogP contribution in [0.25, 0.3) is 0 Å². The number of rotatable bonds is 10. The lowest BCUT2D eigenvalue weighted by Crippen LogP contribution is -2.27. The third-order valence-corrected chi connectivity index (χ3v) is 7.24. The van der Waals surface area contributed by atoms with Gasteiger partial charge in [0.2, 0.25) is 0 Å². The molecule has 0 amide bonds. The molecule has 42 heavy (non-hydrogen) atoms. The minimum atomic E-state index is -4.50. The van der Waals surface area contributed by atoms with Crippen LogP contribution in [-0.2, 0) is 6.18 Å². The minimum Gasteiger partial charge on any atom is -0.457 e. The van der Waals surface area contributed by atoms with Gasteiger partial charge in [-0.1, -0.05) is 62.4 Å². The van der Waals surface area contributed by atoms with Gasteiger partial charge in [-0.2, -0.15) is 26.3 Å². The van der Waals surface area contributed by atoms with Gasteiger partial charge in [0.05, 0.1) is 17.7 Å². The third-order valence-electron chi connectivity index (χ3n) is 6.51. The van der Waals surface area contributed by atoms with Crippen LogP contribution in [0.15, 0.2) is 102 Å². The zero-order chi connectivity index (χ0) is 30.5. The molecule has 0 saturated carbocycles. The topological polar surface area (TPSA) is 41.5 Å². The summed E-state index contributed by atoms with van der Waals surface area (Å²) in [5, 5.41) is 13.9. The van der Waals surface area contributed by atoms with Crippen molar-refractivity contribution in [1.29, 1.82) is 0 Å². The Kier molecular flexibility index (Phi) is 9.91. The summed E-state index contributed by atoms with van der Waals surface area (Å²) in [6, 6.07) is 24.2. The Hall–Kier alpha value is -3.47. The molecule has 0 aliphatic rings. The van der Waals surface area contributed by atoms with E-state index in [-0.39, 0.29) is 28.8 Å².